The second kappa shape index (κ2) is 4.77. The number of aliphatic hydroxyl groups is 1. The van der Waals surface area contributed by atoms with Gasteiger partial charge < -0.3 is 9.84 Å². The Balaban J connectivity index is 2.72. The molecule has 2 N–H and O–H groups in total. The average molecular weight is 238 g/mol. The van der Waals surface area contributed by atoms with E-state index in [9.17, 15) is 13.2 Å². The van der Waals surface area contributed by atoms with E-state index >= 15 is 0 Å². The van der Waals surface area contributed by atoms with E-state index in [0.717, 1.165) is 11.4 Å². The third kappa shape index (κ3) is 2.80. The number of methoxy groups -OCH3 is 1. The highest BCUT2D eigenvalue weighted by Crippen LogP contribution is 2.19. The molecule has 0 aromatic carbocycles. The zero-order valence-electron chi connectivity index (χ0n) is 8.34. The molecule has 0 aromatic heterocycles. The topological polar surface area (TPSA) is 95.9 Å². The van der Waals surface area contributed by atoms with Crippen molar-refractivity contribution in [1.29, 1.82) is 0 Å². The van der Waals surface area contributed by atoms with Gasteiger partial charge in [-0.05, 0) is 12.8 Å². The Morgan fingerprint density at radius 1 is 1.67 bits per heavy atom. The van der Waals surface area contributed by atoms with Crippen LogP contribution in [0.3, 0.4) is 0 Å². The lowest BCUT2D eigenvalue weighted by Crippen LogP contribution is -2.46. The van der Waals surface area contributed by atoms with Crippen molar-refractivity contribution < 1.29 is 23.1 Å². The number of hydrogen-bond acceptors (Lipinski definition) is 5. The number of carbonyl (C=O) groups excluding carboxylic acids is 1. The first-order chi connectivity index (χ1) is 7.01. The van der Waals surface area contributed by atoms with Crippen LogP contribution in [0.15, 0.2) is 0 Å². The Morgan fingerprint density at radius 3 is 2.87 bits per heavy atom. The number of nitrogens with zero attached hydrogens (tertiary/aromatic N) is 1. The highest BCUT2D eigenvalue weighted by atomic mass is 32.2. The molecule has 1 rings (SSSR count). The van der Waals surface area contributed by atoms with Crippen molar-refractivity contribution in [3.05, 3.63) is 0 Å². The number of aliphatic hydroxyl groups excluding tert-OH is 1. The van der Waals surface area contributed by atoms with Crippen molar-refractivity contribution in [1.82, 2.24) is 9.03 Å². The van der Waals surface area contributed by atoms with Gasteiger partial charge in [0.2, 0.25) is 0 Å². The molecular weight excluding hydrogens is 224 g/mol. The van der Waals surface area contributed by atoms with E-state index in [1.54, 1.807) is 4.72 Å². The Bertz CT molecular complexity index is 328. The van der Waals surface area contributed by atoms with Gasteiger partial charge >= 0.3 is 16.3 Å². The molecular formula is C7H14N2O5S. The van der Waals surface area contributed by atoms with Crippen molar-refractivity contribution in [3.63, 3.8) is 0 Å². The number of hydrogen-bond donors (Lipinski definition) is 2. The summed E-state index contributed by atoms with van der Waals surface area (Å²) in [6.45, 7) is 0.0552. The first-order valence-corrected chi connectivity index (χ1v) is 5.93. The van der Waals surface area contributed by atoms with Gasteiger partial charge in [-0.25, -0.2) is 9.52 Å². The van der Waals surface area contributed by atoms with Gasteiger partial charge in [-0.2, -0.15) is 12.7 Å². The standard InChI is InChI=1S/C7H14N2O5S/c1-14-7(11)8-15(12,13)9-4-2-3-6(9)5-10/h6,10H,2-5H2,1H3,(H,8,11)/t6-/m1/s1. The Morgan fingerprint density at radius 2 is 2.33 bits per heavy atom. The number of rotatable bonds is 3. The van der Waals surface area contributed by atoms with E-state index in [1.165, 1.54) is 0 Å². The molecule has 0 radical (unpaired) electrons. The van der Waals surface area contributed by atoms with E-state index in [2.05, 4.69) is 4.74 Å². The van der Waals surface area contributed by atoms with Crippen LogP contribution in [0, 0.1) is 0 Å². The van der Waals surface area contributed by atoms with Crippen LogP contribution in [-0.4, -0.2) is 50.2 Å². The maximum absolute atomic E-state index is 11.6. The third-order valence-corrected chi connectivity index (χ3v) is 3.76. The van der Waals surface area contributed by atoms with E-state index in [-0.39, 0.29) is 6.61 Å². The van der Waals surface area contributed by atoms with Crippen molar-refractivity contribution in [3.8, 4) is 0 Å². The largest absolute Gasteiger partial charge is 0.452 e. The van der Waals surface area contributed by atoms with E-state index in [1.807, 2.05) is 0 Å². The molecule has 1 atom stereocenters. The van der Waals surface area contributed by atoms with Crippen LogP contribution >= 0.6 is 0 Å². The van der Waals surface area contributed by atoms with Gasteiger partial charge in [0.25, 0.3) is 0 Å². The molecule has 15 heavy (non-hydrogen) atoms. The van der Waals surface area contributed by atoms with E-state index in [4.69, 9.17) is 5.11 Å². The maximum Gasteiger partial charge on any atom is 0.421 e. The SMILES string of the molecule is COC(=O)NS(=O)(=O)N1CCC[C@@H]1CO. The Labute approximate surface area is 88.2 Å². The summed E-state index contributed by atoms with van der Waals surface area (Å²) in [6.07, 6.45) is 0.241. The zero-order chi connectivity index (χ0) is 11.5. The molecule has 7 nitrogen and oxygen atoms in total. The van der Waals surface area contributed by atoms with Gasteiger partial charge in [0, 0.05) is 12.6 Å². The molecule has 1 aliphatic heterocycles. The van der Waals surface area contributed by atoms with Gasteiger partial charge in [0.05, 0.1) is 13.7 Å². The van der Waals surface area contributed by atoms with Crippen LogP contribution in [-0.2, 0) is 14.9 Å². The minimum Gasteiger partial charge on any atom is -0.452 e. The second-order valence-electron chi connectivity index (χ2n) is 3.19. The van der Waals surface area contributed by atoms with Crippen LogP contribution < -0.4 is 4.72 Å². The quantitative estimate of drug-likeness (QED) is 0.660. The van der Waals surface area contributed by atoms with Crippen molar-refractivity contribution in [2.24, 2.45) is 0 Å². The number of carbonyl (C=O) groups is 1. The van der Waals surface area contributed by atoms with Gasteiger partial charge in [-0.1, -0.05) is 0 Å². The molecule has 0 unspecified atom stereocenters. The van der Waals surface area contributed by atoms with Gasteiger partial charge in [-0.3, -0.25) is 0 Å². The summed E-state index contributed by atoms with van der Waals surface area (Å²) in [6, 6.07) is -0.452. The van der Waals surface area contributed by atoms with Crippen molar-refractivity contribution in [2.45, 2.75) is 18.9 Å². The lowest BCUT2D eigenvalue weighted by Gasteiger charge is -2.21. The van der Waals surface area contributed by atoms with Crippen LogP contribution in [0.5, 0.6) is 0 Å². The summed E-state index contributed by atoms with van der Waals surface area (Å²) in [5.41, 5.74) is 0. The summed E-state index contributed by atoms with van der Waals surface area (Å²) in [7, 11) is -2.80. The van der Waals surface area contributed by atoms with Crippen LogP contribution in [0.4, 0.5) is 4.79 Å². The van der Waals surface area contributed by atoms with Gasteiger partial charge in [0.15, 0.2) is 0 Å². The maximum atomic E-state index is 11.6. The number of nitrogens with one attached hydrogen (secondary N) is 1. The van der Waals surface area contributed by atoms with Gasteiger partial charge in [-0.15, -0.1) is 0 Å². The predicted octanol–water partition coefficient (Wildman–Crippen LogP) is -0.956. The Hall–Kier alpha value is -0.860. The van der Waals surface area contributed by atoms with Crippen molar-refractivity contribution >= 4 is 16.3 Å². The van der Waals surface area contributed by atoms with Crippen LogP contribution in [0.1, 0.15) is 12.8 Å². The van der Waals surface area contributed by atoms with E-state index in [0.29, 0.717) is 19.4 Å². The van der Waals surface area contributed by atoms with Crippen LogP contribution in [0.25, 0.3) is 0 Å². The summed E-state index contributed by atoms with van der Waals surface area (Å²) in [4.78, 5) is 10.8. The Kier molecular flexibility index (Phi) is 3.89. The highest BCUT2D eigenvalue weighted by Gasteiger charge is 2.34. The predicted molar refractivity (Wildman–Crippen MR) is 51.3 cm³/mol. The fraction of sp³-hybridized carbons (Fsp3) is 0.857. The molecule has 1 aliphatic rings. The minimum absolute atomic E-state index is 0.248. The fourth-order valence-electron chi connectivity index (χ4n) is 1.51. The molecule has 0 aliphatic carbocycles. The third-order valence-electron chi connectivity index (χ3n) is 2.24. The van der Waals surface area contributed by atoms with Crippen LogP contribution in [0.2, 0.25) is 0 Å². The molecule has 1 heterocycles. The van der Waals surface area contributed by atoms with E-state index < -0.39 is 22.3 Å². The normalized spacial score (nSPS) is 22.7. The lowest BCUT2D eigenvalue weighted by molar-refractivity contribution is 0.175. The summed E-state index contributed by atoms with van der Waals surface area (Å²) in [5, 5.41) is 8.94. The molecule has 88 valence electrons. The number of amides is 1. The molecule has 0 bridgehead atoms. The monoisotopic (exact) mass is 238 g/mol. The molecule has 1 saturated heterocycles. The summed E-state index contributed by atoms with van der Waals surface area (Å²) in [5.74, 6) is 0. The average Bonchev–Trinajstić information content (AvgIpc) is 2.65. The fourth-order valence-corrected chi connectivity index (χ4v) is 2.86. The molecule has 1 amide bonds. The molecule has 0 saturated carbocycles. The minimum atomic E-state index is -3.88. The number of ether oxygens (including phenoxy) is 1. The molecule has 0 aromatic rings. The first-order valence-electron chi connectivity index (χ1n) is 4.49. The summed E-state index contributed by atoms with van der Waals surface area (Å²) < 4.78 is 30.2. The van der Waals surface area contributed by atoms with Gasteiger partial charge in [0.1, 0.15) is 0 Å². The summed E-state index contributed by atoms with van der Waals surface area (Å²) >= 11 is 0. The van der Waals surface area contributed by atoms with Crippen molar-refractivity contribution in [2.75, 3.05) is 20.3 Å². The lowest BCUT2D eigenvalue weighted by atomic mass is 10.2. The molecule has 1 fully saturated rings. The molecule has 8 heteroatoms. The first kappa shape index (κ1) is 12.2. The zero-order valence-corrected chi connectivity index (χ0v) is 9.16. The smallest absolute Gasteiger partial charge is 0.421 e. The highest BCUT2D eigenvalue weighted by molar-refractivity contribution is 7.87. The molecule has 0 spiro atoms. The second-order valence-corrected chi connectivity index (χ2v) is 4.81.